The van der Waals surface area contributed by atoms with Gasteiger partial charge in [0.25, 0.3) is 0 Å². The highest BCUT2D eigenvalue weighted by molar-refractivity contribution is 6.25. The fraction of sp³-hybridized carbons (Fsp3) is 0.167. The lowest BCUT2D eigenvalue weighted by Gasteiger charge is -2.15. The zero-order valence-corrected chi connectivity index (χ0v) is 17.0. The minimum atomic E-state index is -1.48. The molecule has 0 aliphatic carbocycles. The molecule has 1 heterocycles. The van der Waals surface area contributed by atoms with E-state index in [2.05, 4.69) is 4.74 Å². The van der Waals surface area contributed by atoms with Crippen LogP contribution < -0.4 is 4.74 Å². The van der Waals surface area contributed by atoms with E-state index in [0.29, 0.717) is 16.9 Å². The van der Waals surface area contributed by atoms with Gasteiger partial charge in [-0.05, 0) is 42.8 Å². The maximum absolute atomic E-state index is 12.4. The van der Waals surface area contributed by atoms with Crippen molar-refractivity contribution >= 4 is 29.6 Å². The van der Waals surface area contributed by atoms with Gasteiger partial charge in [0.05, 0.1) is 12.7 Å². The maximum Gasteiger partial charge on any atom is 0.337 e. The molecule has 0 radical (unpaired) electrons. The number of ether oxygens (including phenoxy) is 3. The molecule has 1 aliphatic rings. The number of esters is 2. The highest BCUT2D eigenvalue weighted by Crippen LogP contribution is 2.22. The highest BCUT2D eigenvalue weighted by Gasteiger charge is 2.36. The summed E-state index contributed by atoms with van der Waals surface area (Å²) in [5.41, 5.74) is 1.87. The molecular formula is C24H20O7. The predicted octanol–water partition coefficient (Wildman–Crippen LogP) is 3.28. The van der Waals surface area contributed by atoms with E-state index in [1.165, 1.54) is 26.2 Å². The Balaban J connectivity index is 1.69. The van der Waals surface area contributed by atoms with Gasteiger partial charge in [-0.15, -0.1) is 0 Å². The monoisotopic (exact) mass is 420 g/mol. The Morgan fingerprint density at radius 2 is 1.77 bits per heavy atom. The molecule has 0 saturated carbocycles. The smallest absolute Gasteiger partial charge is 0.337 e. The summed E-state index contributed by atoms with van der Waals surface area (Å²) < 4.78 is 15.4. The fourth-order valence-corrected chi connectivity index (χ4v) is 2.94. The summed E-state index contributed by atoms with van der Waals surface area (Å²) in [4.78, 5) is 47.8. The van der Waals surface area contributed by atoms with E-state index in [-0.39, 0.29) is 12.4 Å². The molecule has 7 nitrogen and oxygen atoms in total. The van der Waals surface area contributed by atoms with Gasteiger partial charge in [0.15, 0.2) is 17.5 Å². The second kappa shape index (κ2) is 9.67. The molecule has 2 aromatic carbocycles. The molecule has 7 heteroatoms. The molecule has 0 aromatic heterocycles. The first-order chi connectivity index (χ1) is 14.9. The SMILES string of the molecule is COC(=O)c1ccc(COc2ccccc2/C=C/C(=O)[C@H]2C(=O)C=C(C)OC2=O)cc1. The third-order valence-corrected chi connectivity index (χ3v) is 4.53. The van der Waals surface area contributed by atoms with Crippen LogP contribution in [0.5, 0.6) is 5.75 Å². The first-order valence-electron chi connectivity index (χ1n) is 9.44. The minimum absolute atomic E-state index is 0.168. The number of ketones is 2. The van der Waals surface area contributed by atoms with Crippen molar-refractivity contribution in [1.29, 1.82) is 0 Å². The predicted molar refractivity (Wildman–Crippen MR) is 111 cm³/mol. The number of benzene rings is 2. The zero-order chi connectivity index (χ0) is 22.4. The van der Waals surface area contributed by atoms with E-state index in [0.717, 1.165) is 11.6 Å². The molecule has 0 spiro atoms. The van der Waals surface area contributed by atoms with Gasteiger partial charge in [-0.1, -0.05) is 30.3 Å². The van der Waals surface area contributed by atoms with Gasteiger partial charge in [0.1, 0.15) is 18.1 Å². The van der Waals surface area contributed by atoms with Crippen molar-refractivity contribution in [3.63, 3.8) is 0 Å². The number of cyclic esters (lactones) is 1. The van der Waals surface area contributed by atoms with Crippen LogP contribution in [0.1, 0.15) is 28.4 Å². The lowest BCUT2D eigenvalue weighted by atomic mass is 9.96. The van der Waals surface area contributed by atoms with Crippen LogP contribution in [-0.4, -0.2) is 30.6 Å². The van der Waals surface area contributed by atoms with Gasteiger partial charge in [0.2, 0.25) is 0 Å². The van der Waals surface area contributed by atoms with E-state index in [9.17, 15) is 19.2 Å². The van der Waals surface area contributed by atoms with Crippen LogP contribution in [0.4, 0.5) is 0 Å². The highest BCUT2D eigenvalue weighted by atomic mass is 16.5. The summed E-state index contributed by atoms with van der Waals surface area (Å²) >= 11 is 0. The third-order valence-electron chi connectivity index (χ3n) is 4.53. The normalized spacial score (nSPS) is 15.9. The van der Waals surface area contributed by atoms with E-state index < -0.39 is 29.4 Å². The first-order valence-corrected chi connectivity index (χ1v) is 9.44. The molecule has 0 bridgehead atoms. The molecule has 158 valence electrons. The van der Waals surface area contributed by atoms with Crippen molar-refractivity contribution in [3.05, 3.63) is 83.1 Å². The van der Waals surface area contributed by atoms with E-state index in [1.54, 1.807) is 48.5 Å². The van der Waals surface area contributed by atoms with Gasteiger partial charge < -0.3 is 14.2 Å². The number of hydrogen-bond acceptors (Lipinski definition) is 7. The Labute approximate surface area is 178 Å². The fourth-order valence-electron chi connectivity index (χ4n) is 2.94. The number of carbonyl (C=O) groups is 4. The lowest BCUT2D eigenvalue weighted by molar-refractivity contribution is -0.151. The van der Waals surface area contributed by atoms with Gasteiger partial charge in [0, 0.05) is 11.6 Å². The van der Waals surface area contributed by atoms with Gasteiger partial charge in [-0.25, -0.2) is 4.79 Å². The summed E-state index contributed by atoms with van der Waals surface area (Å²) in [6, 6.07) is 13.8. The molecule has 0 unspecified atom stereocenters. The van der Waals surface area contributed by atoms with Crippen LogP contribution in [0.15, 0.2) is 66.4 Å². The summed E-state index contributed by atoms with van der Waals surface area (Å²) in [5.74, 6) is -3.35. The van der Waals surface area contributed by atoms with Crippen LogP contribution in [-0.2, 0) is 30.5 Å². The second-order valence-corrected chi connectivity index (χ2v) is 6.76. The molecule has 0 N–H and O–H groups in total. The van der Waals surface area contributed by atoms with Gasteiger partial charge >= 0.3 is 11.9 Å². The lowest BCUT2D eigenvalue weighted by Crippen LogP contribution is -2.34. The van der Waals surface area contributed by atoms with Gasteiger partial charge in [-0.3, -0.25) is 14.4 Å². The molecule has 0 amide bonds. The van der Waals surface area contributed by atoms with Gasteiger partial charge in [-0.2, -0.15) is 0 Å². The van der Waals surface area contributed by atoms with Crippen LogP contribution in [0.2, 0.25) is 0 Å². The largest absolute Gasteiger partial charge is 0.488 e. The van der Waals surface area contributed by atoms with Crippen LogP contribution in [0, 0.1) is 5.92 Å². The van der Waals surface area contributed by atoms with Crippen molar-refractivity contribution in [2.24, 2.45) is 5.92 Å². The van der Waals surface area contributed by atoms with Crippen LogP contribution in [0.25, 0.3) is 6.08 Å². The Kier molecular flexibility index (Phi) is 6.77. The molecule has 2 aromatic rings. The quantitative estimate of drug-likeness (QED) is 0.385. The molecule has 1 aliphatic heterocycles. The van der Waals surface area contributed by atoms with Crippen molar-refractivity contribution in [2.75, 3.05) is 7.11 Å². The molecule has 0 saturated heterocycles. The van der Waals surface area contributed by atoms with E-state index in [4.69, 9.17) is 9.47 Å². The minimum Gasteiger partial charge on any atom is -0.488 e. The molecule has 3 rings (SSSR count). The standard InChI is InChI=1S/C24H20O7/c1-15-13-20(26)22(24(28)31-15)19(25)12-11-17-5-3-4-6-21(17)30-14-16-7-9-18(10-8-16)23(27)29-2/h3-13,22H,14H2,1-2H3/b12-11+/t22-/m0/s1. The van der Waals surface area contributed by atoms with E-state index in [1.807, 2.05) is 0 Å². The number of hydrogen-bond donors (Lipinski definition) is 0. The molecule has 1 atom stereocenters. The topological polar surface area (TPSA) is 96.0 Å². The molecule has 31 heavy (non-hydrogen) atoms. The van der Waals surface area contributed by atoms with Crippen molar-refractivity contribution in [3.8, 4) is 5.75 Å². The van der Waals surface area contributed by atoms with E-state index >= 15 is 0 Å². The molecular weight excluding hydrogens is 400 g/mol. The van der Waals surface area contributed by atoms with Crippen molar-refractivity contribution < 1.29 is 33.4 Å². The number of rotatable bonds is 7. The third kappa shape index (κ3) is 5.33. The Morgan fingerprint density at radius 1 is 1.06 bits per heavy atom. The first kappa shape index (κ1) is 21.7. The Hall–Kier alpha value is -4.00. The maximum atomic E-state index is 12.4. The average molecular weight is 420 g/mol. The Bertz CT molecular complexity index is 1080. The number of carbonyl (C=O) groups excluding carboxylic acids is 4. The number of allylic oxidation sites excluding steroid dienone is 3. The Morgan fingerprint density at radius 3 is 2.45 bits per heavy atom. The summed E-state index contributed by atoms with van der Waals surface area (Å²) in [6.07, 6.45) is 3.80. The van der Waals surface area contributed by atoms with Crippen molar-refractivity contribution in [2.45, 2.75) is 13.5 Å². The van der Waals surface area contributed by atoms with Crippen LogP contribution >= 0.6 is 0 Å². The summed E-state index contributed by atoms with van der Waals surface area (Å²) in [5, 5.41) is 0. The number of methoxy groups -OCH3 is 1. The van der Waals surface area contributed by atoms with Crippen molar-refractivity contribution in [1.82, 2.24) is 0 Å². The average Bonchev–Trinajstić information content (AvgIpc) is 2.76. The molecule has 0 fully saturated rings. The van der Waals surface area contributed by atoms with Crippen LogP contribution in [0.3, 0.4) is 0 Å². The second-order valence-electron chi connectivity index (χ2n) is 6.76. The number of para-hydroxylation sites is 1. The summed E-state index contributed by atoms with van der Waals surface area (Å²) in [6.45, 7) is 1.71. The zero-order valence-electron chi connectivity index (χ0n) is 17.0. The summed E-state index contributed by atoms with van der Waals surface area (Å²) in [7, 11) is 1.32.